The zero-order valence-corrected chi connectivity index (χ0v) is 12.4. The fourth-order valence-corrected chi connectivity index (χ4v) is 1.30. The summed E-state index contributed by atoms with van der Waals surface area (Å²) in [6.07, 6.45) is 6.71. The molecule has 0 aliphatic rings. The molecule has 0 bridgehead atoms. The summed E-state index contributed by atoms with van der Waals surface area (Å²) < 4.78 is 1.79. The van der Waals surface area contributed by atoms with Crippen LogP contribution in [0.5, 0.6) is 0 Å². The first-order valence-corrected chi connectivity index (χ1v) is 6.76. The minimum atomic E-state index is 0.871. The molecule has 0 aromatic carbocycles. The van der Waals surface area contributed by atoms with Crippen LogP contribution < -0.4 is 0 Å². The van der Waals surface area contributed by atoms with Crippen molar-refractivity contribution in [1.29, 1.82) is 0 Å². The van der Waals surface area contributed by atoms with Gasteiger partial charge in [-0.2, -0.15) is 5.10 Å². The first kappa shape index (κ1) is 16.4. The van der Waals surface area contributed by atoms with Crippen molar-refractivity contribution in [2.45, 2.75) is 48.0 Å². The van der Waals surface area contributed by atoms with Crippen LogP contribution in [-0.2, 0) is 6.42 Å². The molecule has 3 nitrogen and oxygen atoms in total. The van der Waals surface area contributed by atoms with Crippen LogP contribution in [0.3, 0.4) is 0 Å². The van der Waals surface area contributed by atoms with Crippen molar-refractivity contribution in [1.82, 2.24) is 14.8 Å². The third-order valence-electron chi connectivity index (χ3n) is 2.16. The summed E-state index contributed by atoms with van der Waals surface area (Å²) in [7, 11) is 0. The van der Waals surface area contributed by atoms with Crippen molar-refractivity contribution in [2.75, 3.05) is 0 Å². The molecule has 2 aromatic heterocycles. The molecule has 0 radical (unpaired) electrons. The van der Waals surface area contributed by atoms with E-state index >= 15 is 0 Å². The maximum absolute atomic E-state index is 4.33. The average Bonchev–Trinajstić information content (AvgIpc) is 2.90. The van der Waals surface area contributed by atoms with Gasteiger partial charge in [-0.1, -0.05) is 40.7 Å². The molecule has 100 valence electrons. The number of pyridine rings is 1. The Balaban J connectivity index is 0.000000659. The van der Waals surface area contributed by atoms with Crippen LogP contribution in [0.25, 0.3) is 5.82 Å². The van der Waals surface area contributed by atoms with Gasteiger partial charge in [0.2, 0.25) is 0 Å². The van der Waals surface area contributed by atoms with Gasteiger partial charge in [0.15, 0.2) is 5.82 Å². The van der Waals surface area contributed by atoms with E-state index in [9.17, 15) is 0 Å². The third kappa shape index (κ3) is 4.70. The average molecular weight is 247 g/mol. The summed E-state index contributed by atoms with van der Waals surface area (Å²) in [4.78, 5) is 4.33. The van der Waals surface area contributed by atoms with E-state index in [0.29, 0.717) is 0 Å². The van der Waals surface area contributed by atoms with Crippen molar-refractivity contribution in [3.63, 3.8) is 0 Å². The van der Waals surface area contributed by atoms with Crippen molar-refractivity contribution < 1.29 is 0 Å². The topological polar surface area (TPSA) is 30.7 Å². The molecule has 0 saturated heterocycles. The molecule has 2 heterocycles. The van der Waals surface area contributed by atoms with E-state index in [1.165, 1.54) is 5.56 Å². The maximum Gasteiger partial charge on any atom is 0.153 e. The number of nitrogens with zero attached hydrogens (tertiary/aromatic N) is 3. The lowest BCUT2D eigenvalue weighted by molar-refractivity contribution is 0.843. The van der Waals surface area contributed by atoms with E-state index in [1.807, 2.05) is 59.3 Å². The molecule has 18 heavy (non-hydrogen) atoms. The largest absolute Gasteiger partial charge is 0.237 e. The zero-order chi connectivity index (χ0) is 14.0. The van der Waals surface area contributed by atoms with Crippen LogP contribution in [0.4, 0.5) is 0 Å². The normalized spacial score (nSPS) is 8.78. The lowest BCUT2D eigenvalue weighted by Crippen LogP contribution is -1.97. The first-order chi connectivity index (χ1) is 8.79. The van der Waals surface area contributed by atoms with E-state index in [0.717, 1.165) is 17.8 Å². The number of aryl methyl sites for hydroxylation is 2. The zero-order valence-electron chi connectivity index (χ0n) is 12.4. The van der Waals surface area contributed by atoms with Crippen LogP contribution in [-0.4, -0.2) is 14.8 Å². The lowest BCUT2D eigenvalue weighted by atomic mass is 10.2. The fraction of sp³-hybridized carbons (Fsp3) is 0.467. The maximum atomic E-state index is 4.33. The highest BCUT2D eigenvalue weighted by atomic mass is 15.3. The molecule has 3 heteroatoms. The summed E-state index contributed by atoms with van der Waals surface area (Å²) >= 11 is 0. The van der Waals surface area contributed by atoms with Crippen molar-refractivity contribution in [3.8, 4) is 5.82 Å². The minimum Gasteiger partial charge on any atom is -0.237 e. The molecule has 0 aliphatic heterocycles. The highest BCUT2D eigenvalue weighted by molar-refractivity contribution is 5.25. The van der Waals surface area contributed by atoms with Gasteiger partial charge in [-0.15, -0.1) is 0 Å². The second kappa shape index (κ2) is 9.40. The van der Waals surface area contributed by atoms with Gasteiger partial charge in [-0.3, -0.25) is 0 Å². The van der Waals surface area contributed by atoms with Gasteiger partial charge in [-0.05, 0) is 30.5 Å². The van der Waals surface area contributed by atoms with Gasteiger partial charge in [0.1, 0.15) is 0 Å². The monoisotopic (exact) mass is 247 g/mol. The summed E-state index contributed by atoms with van der Waals surface area (Å²) in [6, 6.07) is 4.07. The van der Waals surface area contributed by atoms with Gasteiger partial charge in [0.05, 0.1) is 6.20 Å². The summed E-state index contributed by atoms with van der Waals surface area (Å²) in [5, 5.41) is 4.20. The number of hydrogen-bond donors (Lipinski definition) is 0. The molecular weight excluding hydrogens is 222 g/mol. The Morgan fingerprint density at radius 2 is 1.72 bits per heavy atom. The van der Waals surface area contributed by atoms with Gasteiger partial charge in [0.25, 0.3) is 0 Å². The number of hydrogen-bond acceptors (Lipinski definition) is 2. The molecule has 0 saturated carbocycles. The van der Waals surface area contributed by atoms with Crippen LogP contribution in [0.15, 0.2) is 30.7 Å². The van der Waals surface area contributed by atoms with Crippen LogP contribution in [0.2, 0.25) is 0 Å². The molecule has 0 spiro atoms. The summed E-state index contributed by atoms with van der Waals surface area (Å²) in [5.74, 6) is 0.871. The summed E-state index contributed by atoms with van der Waals surface area (Å²) in [6.45, 7) is 12.1. The molecule has 0 fully saturated rings. The standard InChI is InChI=1S/C11H13N3.2C2H6/c1-3-10-4-5-11(12-7-10)14-8-9(2)6-13-14;2*1-2/h4-8H,3H2,1-2H3;2*1-2H3. The Morgan fingerprint density at radius 3 is 2.11 bits per heavy atom. The van der Waals surface area contributed by atoms with Crippen molar-refractivity contribution in [2.24, 2.45) is 0 Å². The molecule has 2 rings (SSSR count). The SMILES string of the molecule is CC.CC.CCc1ccc(-n2cc(C)cn2)nc1. The van der Waals surface area contributed by atoms with E-state index in [2.05, 4.69) is 23.1 Å². The Bertz CT molecular complexity index is 416. The Morgan fingerprint density at radius 1 is 1.06 bits per heavy atom. The highest BCUT2D eigenvalue weighted by Gasteiger charge is 1.98. The van der Waals surface area contributed by atoms with E-state index in [1.54, 1.807) is 4.68 Å². The van der Waals surface area contributed by atoms with E-state index < -0.39 is 0 Å². The predicted octanol–water partition coefficient (Wildman–Crippen LogP) is 4.19. The van der Waals surface area contributed by atoms with Gasteiger partial charge in [0, 0.05) is 12.4 Å². The minimum absolute atomic E-state index is 0.871. The van der Waals surface area contributed by atoms with Crippen LogP contribution in [0.1, 0.15) is 45.7 Å². The molecule has 0 N–H and O–H groups in total. The highest BCUT2D eigenvalue weighted by Crippen LogP contribution is 2.06. The molecule has 0 atom stereocenters. The first-order valence-electron chi connectivity index (χ1n) is 6.76. The van der Waals surface area contributed by atoms with Crippen molar-refractivity contribution in [3.05, 3.63) is 41.9 Å². The van der Waals surface area contributed by atoms with Gasteiger partial charge >= 0.3 is 0 Å². The van der Waals surface area contributed by atoms with Gasteiger partial charge < -0.3 is 0 Å². The smallest absolute Gasteiger partial charge is 0.153 e. The van der Waals surface area contributed by atoms with E-state index in [-0.39, 0.29) is 0 Å². The Labute approximate surface area is 111 Å². The van der Waals surface area contributed by atoms with Gasteiger partial charge in [-0.25, -0.2) is 9.67 Å². The van der Waals surface area contributed by atoms with Crippen molar-refractivity contribution >= 4 is 0 Å². The Kier molecular flexibility index (Phi) is 8.54. The predicted molar refractivity (Wildman–Crippen MR) is 78.2 cm³/mol. The summed E-state index contributed by atoms with van der Waals surface area (Å²) in [5.41, 5.74) is 2.39. The fourth-order valence-electron chi connectivity index (χ4n) is 1.30. The second-order valence-corrected chi connectivity index (χ2v) is 3.34. The molecule has 0 amide bonds. The molecule has 2 aromatic rings. The lowest BCUT2D eigenvalue weighted by Gasteiger charge is -2.00. The quantitative estimate of drug-likeness (QED) is 0.796. The second-order valence-electron chi connectivity index (χ2n) is 3.34. The third-order valence-corrected chi connectivity index (χ3v) is 2.16. The number of rotatable bonds is 2. The molecule has 0 unspecified atom stereocenters. The molecule has 0 aliphatic carbocycles. The Hall–Kier alpha value is -1.64. The van der Waals surface area contributed by atoms with Crippen LogP contribution >= 0.6 is 0 Å². The number of aromatic nitrogens is 3. The molecular formula is C15H25N3. The van der Waals surface area contributed by atoms with E-state index in [4.69, 9.17) is 0 Å². The van der Waals surface area contributed by atoms with Crippen LogP contribution in [0, 0.1) is 6.92 Å².